The van der Waals surface area contributed by atoms with Crippen LogP contribution in [0.2, 0.25) is 0 Å². The number of rotatable bonds is 6. The van der Waals surface area contributed by atoms with Gasteiger partial charge in [-0.2, -0.15) is 17.5 Å². The number of benzene rings is 2. The topological polar surface area (TPSA) is 63.7 Å². The van der Waals surface area contributed by atoms with Gasteiger partial charge < -0.3 is 4.74 Å². The lowest BCUT2D eigenvalue weighted by Crippen LogP contribution is -2.40. The summed E-state index contributed by atoms with van der Waals surface area (Å²) in [5, 5.41) is 0. The van der Waals surface area contributed by atoms with Gasteiger partial charge in [0, 0.05) is 18.0 Å². The second-order valence-corrected chi connectivity index (χ2v) is 9.98. The van der Waals surface area contributed by atoms with Crippen molar-refractivity contribution in [3.8, 4) is 0 Å². The number of thioether (sulfide) groups is 1. The van der Waals surface area contributed by atoms with Gasteiger partial charge in [0.2, 0.25) is 10.0 Å². The Morgan fingerprint density at radius 1 is 1.13 bits per heavy atom. The fraction of sp³-hybridized carbons (Fsp3) is 0.381. The third-order valence-corrected chi connectivity index (χ3v) is 7.76. The number of halogens is 3. The average Bonchev–Trinajstić information content (AvgIpc) is 2.77. The van der Waals surface area contributed by atoms with E-state index >= 15 is 0 Å². The molecule has 0 aromatic heterocycles. The molecule has 1 aliphatic rings. The van der Waals surface area contributed by atoms with Gasteiger partial charge in [0.1, 0.15) is 6.61 Å². The Balaban J connectivity index is 1.57. The molecule has 0 bridgehead atoms. The number of sulfonamides is 1. The van der Waals surface area contributed by atoms with E-state index in [0.29, 0.717) is 6.07 Å². The lowest BCUT2D eigenvalue weighted by Gasteiger charge is -2.30. The van der Waals surface area contributed by atoms with Gasteiger partial charge in [-0.05, 0) is 55.0 Å². The highest BCUT2D eigenvalue weighted by Crippen LogP contribution is 2.32. The molecule has 3 rings (SSSR count). The number of nitrogens with zero attached hydrogens (tertiary/aromatic N) is 1. The van der Waals surface area contributed by atoms with Crippen molar-refractivity contribution in [2.75, 3.05) is 19.3 Å². The van der Waals surface area contributed by atoms with E-state index in [4.69, 9.17) is 4.74 Å². The Morgan fingerprint density at radius 3 is 2.35 bits per heavy atom. The van der Waals surface area contributed by atoms with Gasteiger partial charge in [-0.15, -0.1) is 11.8 Å². The largest absolute Gasteiger partial charge is 0.461 e. The van der Waals surface area contributed by atoms with Crippen LogP contribution in [0.1, 0.15) is 24.0 Å². The van der Waals surface area contributed by atoms with Crippen LogP contribution in [0.5, 0.6) is 0 Å². The van der Waals surface area contributed by atoms with E-state index in [1.807, 2.05) is 30.5 Å². The summed E-state index contributed by atoms with van der Waals surface area (Å²) < 4.78 is 70.7. The Hall–Kier alpha value is -2.04. The maximum absolute atomic E-state index is 12.9. The molecule has 0 atom stereocenters. The van der Waals surface area contributed by atoms with Crippen LogP contribution in [-0.4, -0.2) is 38.0 Å². The van der Waals surface area contributed by atoms with E-state index in [1.165, 1.54) is 0 Å². The van der Waals surface area contributed by atoms with E-state index in [0.717, 1.165) is 33.0 Å². The van der Waals surface area contributed by atoms with Crippen molar-refractivity contribution in [1.82, 2.24) is 4.31 Å². The summed E-state index contributed by atoms with van der Waals surface area (Å²) in [5.41, 5.74) is -0.159. The molecule has 1 fully saturated rings. The fourth-order valence-corrected chi connectivity index (χ4v) is 5.23. The minimum Gasteiger partial charge on any atom is -0.461 e. The molecule has 0 amide bonds. The zero-order chi connectivity index (χ0) is 22.6. The Kier molecular flexibility index (Phi) is 7.33. The molecule has 2 aromatic rings. The average molecular weight is 474 g/mol. The smallest absolute Gasteiger partial charge is 0.416 e. The molecule has 168 valence electrons. The molecular weight excluding hydrogens is 451 g/mol. The minimum absolute atomic E-state index is 0.0424. The fourth-order valence-electron chi connectivity index (χ4n) is 3.31. The SMILES string of the molecule is CSc1ccc(COC(=O)C2CCN(S(=O)(=O)c3cccc(C(F)(F)F)c3)CC2)cc1. The van der Waals surface area contributed by atoms with Crippen LogP contribution in [-0.2, 0) is 32.3 Å². The van der Waals surface area contributed by atoms with Crippen molar-refractivity contribution < 1.29 is 31.1 Å². The molecule has 31 heavy (non-hydrogen) atoms. The van der Waals surface area contributed by atoms with Crippen LogP contribution in [0.15, 0.2) is 58.3 Å². The molecule has 0 N–H and O–H groups in total. The number of piperidine rings is 1. The van der Waals surface area contributed by atoms with Crippen molar-refractivity contribution >= 4 is 27.8 Å². The first-order chi connectivity index (χ1) is 14.6. The maximum atomic E-state index is 12.9. The number of esters is 1. The van der Waals surface area contributed by atoms with Crippen LogP contribution in [0, 0.1) is 5.92 Å². The molecule has 0 saturated carbocycles. The van der Waals surface area contributed by atoms with Gasteiger partial charge in [-0.25, -0.2) is 8.42 Å². The second kappa shape index (κ2) is 9.62. The van der Waals surface area contributed by atoms with Crippen LogP contribution in [0.3, 0.4) is 0 Å². The van der Waals surface area contributed by atoms with Crippen molar-refractivity contribution in [1.29, 1.82) is 0 Å². The first kappa shape index (κ1) is 23.6. The lowest BCUT2D eigenvalue weighted by molar-refractivity contribution is -0.151. The molecule has 5 nitrogen and oxygen atoms in total. The molecule has 0 radical (unpaired) electrons. The number of hydrogen-bond donors (Lipinski definition) is 0. The summed E-state index contributed by atoms with van der Waals surface area (Å²) in [4.78, 5) is 13.1. The van der Waals surface area contributed by atoms with Crippen molar-refractivity contribution in [3.63, 3.8) is 0 Å². The van der Waals surface area contributed by atoms with E-state index in [1.54, 1.807) is 11.8 Å². The van der Waals surface area contributed by atoms with E-state index in [2.05, 4.69) is 0 Å². The van der Waals surface area contributed by atoms with Crippen LogP contribution < -0.4 is 0 Å². The first-order valence-corrected chi connectivity index (χ1v) is 12.2. The summed E-state index contributed by atoms with van der Waals surface area (Å²) in [6, 6.07) is 11.3. The predicted molar refractivity (Wildman–Crippen MR) is 111 cm³/mol. The Labute approximate surface area is 183 Å². The Bertz CT molecular complexity index is 1020. The van der Waals surface area contributed by atoms with Gasteiger partial charge in [-0.3, -0.25) is 4.79 Å². The molecule has 0 aliphatic carbocycles. The summed E-state index contributed by atoms with van der Waals surface area (Å²) in [6.45, 7) is 0.220. The van der Waals surface area contributed by atoms with Crippen molar-refractivity contribution in [2.45, 2.75) is 35.4 Å². The quantitative estimate of drug-likeness (QED) is 0.454. The number of hydrogen-bond acceptors (Lipinski definition) is 5. The molecular formula is C21H22F3NO4S2. The number of carbonyl (C=O) groups excluding carboxylic acids is 1. The summed E-state index contributed by atoms with van der Waals surface area (Å²) in [6.07, 6.45) is -2.16. The number of alkyl halides is 3. The summed E-state index contributed by atoms with van der Waals surface area (Å²) in [7, 11) is -4.08. The highest BCUT2D eigenvalue weighted by atomic mass is 32.2. The highest BCUT2D eigenvalue weighted by molar-refractivity contribution is 7.98. The molecule has 10 heteroatoms. The third kappa shape index (κ3) is 5.81. The second-order valence-electron chi connectivity index (χ2n) is 7.16. The molecule has 1 heterocycles. The van der Waals surface area contributed by atoms with Gasteiger partial charge in [-0.1, -0.05) is 18.2 Å². The van der Waals surface area contributed by atoms with Crippen molar-refractivity contribution in [3.05, 3.63) is 59.7 Å². The van der Waals surface area contributed by atoms with Gasteiger partial charge in [0.25, 0.3) is 0 Å². The van der Waals surface area contributed by atoms with Gasteiger partial charge >= 0.3 is 12.1 Å². The van der Waals surface area contributed by atoms with Crippen LogP contribution in [0.4, 0.5) is 13.2 Å². The number of ether oxygens (including phenoxy) is 1. The van der Waals surface area contributed by atoms with Crippen LogP contribution in [0.25, 0.3) is 0 Å². The standard InChI is InChI=1S/C21H22F3NO4S2/c1-30-18-7-5-15(6-8-18)14-29-20(26)16-9-11-25(12-10-16)31(27,28)19-4-2-3-17(13-19)21(22,23)24/h2-8,13,16H,9-12,14H2,1H3. The zero-order valence-corrected chi connectivity index (χ0v) is 18.4. The monoisotopic (exact) mass is 473 g/mol. The third-order valence-electron chi connectivity index (χ3n) is 5.13. The molecule has 1 saturated heterocycles. The van der Waals surface area contributed by atoms with E-state index < -0.39 is 38.5 Å². The molecule has 2 aromatic carbocycles. The summed E-state index contributed by atoms with van der Waals surface area (Å²) in [5.74, 6) is -0.844. The van der Waals surface area contributed by atoms with E-state index in [-0.39, 0.29) is 32.5 Å². The van der Waals surface area contributed by atoms with Crippen molar-refractivity contribution in [2.24, 2.45) is 5.92 Å². The zero-order valence-electron chi connectivity index (χ0n) is 16.8. The Morgan fingerprint density at radius 2 is 1.77 bits per heavy atom. The molecule has 0 spiro atoms. The normalized spacial score (nSPS) is 16.3. The maximum Gasteiger partial charge on any atom is 0.416 e. The number of carbonyl (C=O) groups is 1. The first-order valence-electron chi connectivity index (χ1n) is 9.58. The minimum atomic E-state index is -4.63. The van der Waals surface area contributed by atoms with E-state index in [9.17, 15) is 26.4 Å². The predicted octanol–water partition coefficient (Wildman–Crippen LogP) is 4.57. The molecule has 0 unspecified atom stereocenters. The van der Waals surface area contributed by atoms with Gasteiger partial charge in [0.15, 0.2) is 0 Å². The molecule has 1 aliphatic heterocycles. The lowest BCUT2D eigenvalue weighted by atomic mass is 9.98. The van der Waals surface area contributed by atoms with Crippen LogP contribution >= 0.6 is 11.8 Å². The highest BCUT2D eigenvalue weighted by Gasteiger charge is 2.35. The summed E-state index contributed by atoms with van der Waals surface area (Å²) >= 11 is 1.61. The van der Waals surface area contributed by atoms with Gasteiger partial charge in [0.05, 0.1) is 16.4 Å².